The molecular weight excluding hydrogens is 382 g/mol. The maximum absolute atomic E-state index is 13.2. The Bertz CT molecular complexity index is 1030. The molecule has 1 aromatic heterocycles. The van der Waals surface area contributed by atoms with E-state index in [0.717, 1.165) is 0 Å². The lowest BCUT2D eigenvalue weighted by molar-refractivity contribution is -0.286. The summed E-state index contributed by atoms with van der Waals surface area (Å²) in [5, 5.41) is 6.60. The fraction of sp³-hybridized carbons (Fsp3) is 0.111. The second-order valence-corrected chi connectivity index (χ2v) is 6.20. The zero-order valence-electron chi connectivity index (χ0n) is 13.8. The van der Waals surface area contributed by atoms with Gasteiger partial charge in [0, 0.05) is 17.3 Å². The van der Waals surface area contributed by atoms with Crippen LogP contribution in [0.2, 0.25) is 5.02 Å². The van der Waals surface area contributed by atoms with Crippen molar-refractivity contribution in [2.75, 3.05) is 5.32 Å². The number of aryl methyl sites for hydroxylation is 1. The number of hydrogen-bond acceptors (Lipinski definition) is 5. The van der Waals surface area contributed by atoms with Crippen LogP contribution < -0.4 is 14.8 Å². The first-order chi connectivity index (χ1) is 12.8. The van der Waals surface area contributed by atoms with Crippen LogP contribution in [-0.4, -0.2) is 17.4 Å². The van der Waals surface area contributed by atoms with Gasteiger partial charge in [0.1, 0.15) is 11.8 Å². The molecule has 1 aliphatic heterocycles. The van der Waals surface area contributed by atoms with Crippen molar-refractivity contribution in [3.05, 3.63) is 58.9 Å². The normalized spacial score (nSPS) is 14.2. The Balaban J connectivity index is 1.57. The van der Waals surface area contributed by atoms with Gasteiger partial charge in [-0.25, -0.2) is 0 Å². The molecule has 0 aliphatic carbocycles. The van der Waals surface area contributed by atoms with Crippen LogP contribution in [-0.2, 0) is 0 Å². The Labute approximate surface area is 156 Å². The molecule has 6 nitrogen and oxygen atoms in total. The first-order valence-electron chi connectivity index (χ1n) is 7.74. The van der Waals surface area contributed by atoms with Gasteiger partial charge >= 0.3 is 6.29 Å². The summed E-state index contributed by atoms with van der Waals surface area (Å²) in [4.78, 5) is 12.2. The second kappa shape index (κ2) is 6.24. The molecule has 138 valence electrons. The van der Waals surface area contributed by atoms with E-state index in [1.807, 2.05) is 0 Å². The number of benzene rings is 2. The highest BCUT2D eigenvalue weighted by Crippen LogP contribution is 2.46. The molecule has 0 radical (unpaired) electrons. The van der Waals surface area contributed by atoms with Crippen LogP contribution in [0.4, 0.5) is 14.5 Å². The SMILES string of the molecule is Cc1nocc1C(=O)Nc1ccc(-c2cc3c(cc2Cl)OC(F)(F)O3)cc1. The minimum Gasteiger partial charge on any atom is -0.395 e. The van der Waals surface area contributed by atoms with Crippen LogP contribution in [0.5, 0.6) is 11.5 Å². The van der Waals surface area contributed by atoms with Gasteiger partial charge in [-0.2, -0.15) is 0 Å². The molecule has 1 aliphatic rings. The van der Waals surface area contributed by atoms with E-state index >= 15 is 0 Å². The number of aromatic nitrogens is 1. The monoisotopic (exact) mass is 392 g/mol. The molecule has 0 bridgehead atoms. The summed E-state index contributed by atoms with van der Waals surface area (Å²) in [5.74, 6) is -0.578. The van der Waals surface area contributed by atoms with Gasteiger partial charge in [0.15, 0.2) is 11.5 Å². The van der Waals surface area contributed by atoms with Gasteiger partial charge in [0.05, 0.1) is 10.7 Å². The molecule has 3 aromatic rings. The molecule has 27 heavy (non-hydrogen) atoms. The molecule has 1 amide bonds. The molecule has 0 fully saturated rings. The smallest absolute Gasteiger partial charge is 0.395 e. The fourth-order valence-corrected chi connectivity index (χ4v) is 2.90. The van der Waals surface area contributed by atoms with Crippen LogP contribution in [0.1, 0.15) is 16.1 Å². The van der Waals surface area contributed by atoms with Crippen molar-refractivity contribution < 1.29 is 27.6 Å². The number of fused-ring (bicyclic) bond motifs is 1. The quantitative estimate of drug-likeness (QED) is 0.687. The van der Waals surface area contributed by atoms with Crippen LogP contribution in [0.25, 0.3) is 11.1 Å². The summed E-state index contributed by atoms with van der Waals surface area (Å²) in [6.07, 6.45) is -2.44. The Morgan fingerprint density at radius 1 is 1.15 bits per heavy atom. The van der Waals surface area contributed by atoms with E-state index in [9.17, 15) is 13.6 Å². The van der Waals surface area contributed by atoms with Gasteiger partial charge in [-0.3, -0.25) is 4.79 Å². The number of halogens is 3. The molecule has 0 unspecified atom stereocenters. The summed E-state index contributed by atoms with van der Waals surface area (Å²) < 4.78 is 39.9. The minimum atomic E-state index is -3.71. The van der Waals surface area contributed by atoms with E-state index in [4.69, 9.17) is 16.1 Å². The van der Waals surface area contributed by atoms with Crippen LogP contribution in [0.15, 0.2) is 47.2 Å². The number of nitrogens with zero attached hydrogens (tertiary/aromatic N) is 1. The standard InChI is InChI=1S/C18H11ClF2N2O4/c1-9-13(8-25-23-9)17(24)22-11-4-2-10(3-5-11)12-6-15-16(7-14(12)19)27-18(20,21)26-15/h2-8H,1H3,(H,22,24). The van der Waals surface area contributed by atoms with Crippen LogP contribution in [0, 0.1) is 6.92 Å². The third-order valence-electron chi connectivity index (χ3n) is 3.94. The summed E-state index contributed by atoms with van der Waals surface area (Å²) in [6, 6.07) is 9.36. The summed E-state index contributed by atoms with van der Waals surface area (Å²) in [5.41, 5.74) is 2.49. The van der Waals surface area contributed by atoms with E-state index in [-0.39, 0.29) is 22.4 Å². The number of hydrogen-bond donors (Lipinski definition) is 1. The number of nitrogens with one attached hydrogen (secondary N) is 1. The predicted molar refractivity (Wildman–Crippen MR) is 92.3 cm³/mol. The lowest BCUT2D eigenvalue weighted by atomic mass is 10.0. The van der Waals surface area contributed by atoms with Gasteiger partial charge < -0.3 is 19.3 Å². The Morgan fingerprint density at radius 3 is 2.44 bits per heavy atom. The van der Waals surface area contributed by atoms with E-state index < -0.39 is 6.29 Å². The predicted octanol–water partition coefficient (Wildman–Crippen LogP) is 4.88. The first kappa shape index (κ1) is 17.3. The maximum Gasteiger partial charge on any atom is 0.586 e. The topological polar surface area (TPSA) is 73.6 Å². The summed E-state index contributed by atoms with van der Waals surface area (Å²) in [7, 11) is 0. The van der Waals surface area contributed by atoms with Crippen molar-refractivity contribution in [2.24, 2.45) is 0 Å². The number of amides is 1. The number of anilines is 1. The van der Waals surface area contributed by atoms with Crippen LogP contribution in [0.3, 0.4) is 0 Å². The maximum atomic E-state index is 13.2. The zero-order chi connectivity index (χ0) is 19.2. The molecule has 9 heteroatoms. The molecule has 2 heterocycles. The Kier molecular flexibility index (Phi) is 4.00. The average Bonchev–Trinajstić information content (AvgIpc) is 3.16. The van der Waals surface area contributed by atoms with E-state index in [1.165, 1.54) is 18.4 Å². The van der Waals surface area contributed by atoms with Gasteiger partial charge in [0.2, 0.25) is 0 Å². The molecule has 0 atom stereocenters. The van der Waals surface area contributed by atoms with Crippen LogP contribution >= 0.6 is 11.6 Å². The Morgan fingerprint density at radius 2 is 1.81 bits per heavy atom. The lowest BCUT2D eigenvalue weighted by Gasteiger charge is -2.08. The molecule has 2 aromatic carbocycles. The fourth-order valence-electron chi connectivity index (χ4n) is 2.63. The van der Waals surface area contributed by atoms with E-state index in [2.05, 4.69) is 19.9 Å². The third kappa shape index (κ3) is 3.31. The van der Waals surface area contributed by atoms with E-state index in [1.54, 1.807) is 31.2 Å². The van der Waals surface area contributed by atoms with Gasteiger partial charge in [-0.1, -0.05) is 28.9 Å². The highest BCUT2D eigenvalue weighted by Gasteiger charge is 2.43. The van der Waals surface area contributed by atoms with Crippen molar-refractivity contribution in [3.63, 3.8) is 0 Å². The van der Waals surface area contributed by atoms with E-state index in [0.29, 0.717) is 28.1 Å². The number of rotatable bonds is 3. The molecule has 4 rings (SSSR count). The Hall–Kier alpha value is -3.13. The lowest BCUT2D eigenvalue weighted by Crippen LogP contribution is -2.25. The van der Waals surface area contributed by atoms with Crippen molar-refractivity contribution in [2.45, 2.75) is 13.2 Å². The second-order valence-electron chi connectivity index (χ2n) is 5.79. The molecule has 0 saturated carbocycles. The number of carbonyl (C=O) groups excluding carboxylic acids is 1. The highest BCUT2D eigenvalue weighted by atomic mass is 35.5. The van der Waals surface area contributed by atoms with Crippen molar-refractivity contribution in [1.29, 1.82) is 0 Å². The molecular formula is C18H11ClF2N2O4. The van der Waals surface area contributed by atoms with Crippen molar-refractivity contribution in [1.82, 2.24) is 5.16 Å². The summed E-state index contributed by atoms with van der Waals surface area (Å²) >= 11 is 6.18. The number of alkyl halides is 2. The summed E-state index contributed by atoms with van der Waals surface area (Å²) in [6.45, 7) is 1.66. The van der Waals surface area contributed by atoms with Gasteiger partial charge in [0.25, 0.3) is 5.91 Å². The van der Waals surface area contributed by atoms with Crippen molar-refractivity contribution >= 4 is 23.2 Å². The largest absolute Gasteiger partial charge is 0.586 e. The van der Waals surface area contributed by atoms with Gasteiger partial charge in [-0.15, -0.1) is 8.78 Å². The first-order valence-corrected chi connectivity index (χ1v) is 8.12. The molecule has 0 spiro atoms. The number of carbonyl (C=O) groups is 1. The highest BCUT2D eigenvalue weighted by molar-refractivity contribution is 6.33. The minimum absolute atomic E-state index is 0.0975. The average molecular weight is 393 g/mol. The number of ether oxygens (including phenoxy) is 2. The van der Waals surface area contributed by atoms with Crippen molar-refractivity contribution in [3.8, 4) is 22.6 Å². The van der Waals surface area contributed by atoms with Gasteiger partial charge in [-0.05, 0) is 30.7 Å². The zero-order valence-corrected chi connectivity index (χ0v) is 14.5. The molecule has 0 saturated heterocycles. The molecule has 1 N–H and O–H groups in total. The third-order valence-corrected chi connectivity index (χ3v) is 4.25.